The molecular formula is C8H15N. The number of rotatable bonds is 2. The van der Waals surface area contributed by atoms with Crippen LogP contribution in [0.25, 0.3) is 0 Å². The van der Waals surface area contributed by atoms with Gasteiger partial charge in [0.05, 0.1) is 0 Å². The summed E-state index contributed by atoms with van der Waals surface area (Å²) in [5.74, 6) is 1.65. The highest BCUT2D eigenvalue weighted by atomic mass is 14.5. The van der Waals surface area contributed by atoms with Gasteiger partial charge in [0.25, 0.3) is 0 Å². The molecule has 1 nitrogen and oxygen atoms in total. The minimum absolute atomic E-state index is 0.712. The van der Waals surface area contributed by atoms with Gasteiger partial charge in [-0.15, -0.1) is 0 Å². The quantitative estimate of drug-likeness (QED) is 0.599. The first-order valence-corrected chi connectivity index (χ1v) is 3.73. The van der Waals surface area contributed by atoms with Crippen LogP contribution in [0, 0.1) is 11.8 Å². The van der Waals surface area contributed by atoms with E-state index >= 15 is 0 Å². The van der Waals surface area contributed by atoms with Gasteiger partial charge < -0.3 is 5.73 Å². The Balaban J connectivity index is 2.23. The SMILES string of the molecule is CC(/C=C/N)C1CCC1. The lowest BCUT2D eigenvalue weighted by Gasteiger charge is -2.29. The highest BCUT2D eigenvalue weighted by Crippen LogP contribution is 2.33. The van der Waals surface area contributed by atoms with Crippen LogP contribution in [-0.4, -0.2) is 0 Å². The predicted molar refractivity (Wildman–Crippen MR) is 39.8 cm³/mol. The largest absolute Gasteiger partial charge is 0.405 e. The first-order chi connectivity index (χ1) is 4.34. The van der Waals surface area contributed by atoms with E-state index in [4.69, 9.17) is 5.73 Å². The molecule has 0 amide bonds. The zero-order valence-electron chi connectivity index (χ0n) is 6.01. The molecule has 2 N–H and O–H groups in total. The normalized spacial score (nSPS) is 24.1. The molecule has 0 aromatic carbocycles. The summed E-state index contributed by atoms with van der Waals surface area (Å²) in [5, 5.41) is 0. The molecule has 0 saturated heterocycles. The summed E-state index contributed by atoms with van der Waals surface area (Å²) in [4.78, 5) is 0. The second-order valence-corrected chi connectivity index (χ2v) is 2.94. The maximum Gasteiger partial charge on any atom is -0.0100 e. The van der Waals surface area contributed by atoms with Crippen LogP contribution in [0.15, 0.2) is 12.3 Å². The van der Waals surface area contributed by atoms with Gasteiger partial charge in [-0.3, -0.25) is 0 Å². The van der Waals surface area contributed by atoms with Crippen molar-refractivity contribution in [2.75, 3.05) is 0 Å². The zero-order chi connectivity index (χ0) is 6.69. The van der Waals surface area contributed by atoms with Gasteiger partial charge in [-0.25, -0.2) is 0 Å². The van der Waals surface area contributed by atoms with Gasteiger partial charge >= 0.3 is 0 Å². The summed E-state index contributed by atoms with van der Waals surface area (Å²) >= 11 is 0. The number of hydrogen-bond donors (Lipinski definition) is 1. The standard InChI is InChI=1S/C8H15N/c1-7(5-6-9)8-3-2-4-8/h5-8H,2-4,9H2,1H3/b6-5+. The summed E-state index contributed by atoms with van der Waals surface area (Å²) in [6.07, 6.45) is 8.01. The van der Waals surface area contributed by atoms with Gasteiger partial charge in [0.15, 0.2) is 0 Å². The van der Waals surface area contributed by atoms with E-state index in [2.05, 4.69) is 13.0 Å². The van der Waals surface area contributed by atoms with E-state index in [0.717, 1.165) is 5.92 Å². The van der Waals surface area contributed by atoms with E-state index in [9.17, 15) is 0 Å². The molecular weight excluding hydrogens is 110 g/mol. The third-order valence-electron chi connectivity index (χ3n) is 2.31. The van der Waals surface area contributed by atoms with Crippen molar-refractivity contribution in [2.24, 2.45) is 17.6 Å². The lowest BCUT2D eigenvalue weighted by atomic mass is 9.77. The molecule has 0 aliphatic heterocycles. The maximum absolute atomic E-state index is 5.27. The van der Waals surface area contributed by atoms with Crippen molar-refractivity contribution >= 4 is 0 Å². The van der Waals surface area contributed by atoms with E-state index in [1.807, 2.05) is 0 Å². The lowest BCUT2D eigenvalue weighted by Crippen LogP contribution is -2.17. The van der Waals surface area contributed by atoms with Crippen LogP contribution in [0.2, 0.25) is 0 Å². The minimum atomic E-state index is 0.712. The van der Waals surface area contributed by atoms with Crippen LogP contribution in [-0.2, 0) is 0 Å². The van der Waals surface area contributed by atoms with Crippen molar-refractivity contribution in [1.29, 1.82) is 0 Å². The molecule has 0 aromatic rings. The maximum atomic E-state index is 5.27. The van der Waals surface area contributed by atoms with Crippen molar-refractivity contribution in [1.82, 2.24) is 0 Å². The molecule has 0 radical (unpaired) electrons. The molecule has 0 spiro atoms. The van der Waals surface area contributed by atoms with E-state index in [0.29, 0.717) is 5.92 Å². The first kappa shape index (κ1) is 6.66. The smallest absolute Gasteiger partial charge is 0.0100 e. The molecule has 1 unspecified atom stereocenters. The lowest BCUT2D eigenvalue weighted by molar-refractivity contribution is 0.255. The van der Waals surface area contributed by atoms with Crippen molar-refractivity contribution < 1.29 is 0 Å². The fraction of sp³-hybridized carbons (Fsp3) is 0.750. The monoisotopic (exact) mass is 125 g/mol. The van der Waals surface area contributed by atoms with E-state index in [-0.39, 0.29) is 0 Å². The summed E-state index contributed by atoms with van der Waals surface area (Å²) in [6, 6.07) is 0. The molecule has 0 aromatic heterocycles. The van der Waals surface area contributed by atoms with E-state index in [1.54, 1.807) is 6.20 Å². The van der Waals surface area contributed by atoms with Gasteiger partial charge in [0.1, 0.15) is 0 Å². The average Bonchev–Trinajstić information content (AvgIpc) is 1.60. The second kappa shape index (κ2) is 2.90. The molecule has 1 atom stereocenters. The van der Waals surface area contributed by atoms with Crippen molar-refractivity contribution in [2.45, 2.75) is 26.2 Å². The van der Waals surface area contributed by atoms with E-state index < -0.39 is 0 Å². The third-order valence-corrected chi connectivity index (χ3v) is 2.31. The predicted octanol–water partition coefficient (Wildman–Crippen LogP) is 1.90. The van der Waals surface area contributed by atoms with Crippen LogP contribution in [0.1, 0.15) is 26.2 Å². The van der Waals surface area contributed by atoms with Gasteiger partial charge in [-0.2, -0.15) is 0 Å². The number of nitrogens with two attached hydrogens (primary N) is 1. The Morgan fingerprint density at radius 1 is 1.56 bits per heavy atom. The second-order valence-electron chi connectivity index (χ2n) is 2.94. The van der Waals surface area contributed by atoms with Gasteiger partial charge in [0.2, 0.25) is 0 Å². The number of allylic oxidation sites excluding steroid dienone is 1. The first-order valence-electron chi connectivity index (χ1n) is 3.73. The molecule has 0 heterocycles. The Bertz CT molecular complexity index is 103. The Labute approximate surface area is 56.9 Å². The van der Waals surface area contributed by atoms with Crippen LogP contribution < -0.4 is 5.73 Å². The highest BCUT2D eigenvalue weighted by Gasteiger charge is 2.21. The Kier molecular flexibility index (Phi) is 2.15. The Hall–Kier alpha value is -0.460. The molecule has 1 heteroatoms. The van der Waals surface area contributed by atoms with E-state index in [1.165, 1.54) is 19.3 Å². The fourth-order valence-corrected chi connectivity index (χ4v) is 1.30. The molecule has 1 aliphatic rings. The van der Waals surface area contributed by atoms with Crippen LogP contribution in [0.3, 0.4) is 0 Å². The van der Waals surface area contributed by atoms with Crippen LogP contribution >= 0.6 is 0 Å². The molecule has 1 saturated carbocycles. The van der Waals surface area contributed by atoms with Gasteiger partial charge in [-0.1, -0.05) is 19.4 Å². The molecule has 1 aliphatic carbocycles. The third kappa shape index (κ3) is 1.47. The van der Waals surface area contributed by atoms with Crippen molar-refractivity contribution in [3.8, 4) is 0 Å². The van der Waals surface area contributed by atoms with Crippen LogP contribution in [0.4, 0.5) is 0 Å². The summed E-state index contributed by atoms with van der Waals surface area (Å²) in [5.41, 5.74) is 5.27. The molecule has 9 heavy (non-hydrogen) atoms. The average molecular weight is 125 g/mol. The molecule has 1 fully saturated rings. The van der Waals surface area contributed by atoms with Crippen molar-refractivity contribution in [3.63, 3.8) is 0 Å². The fourth-order valence-electron chi connectivity index (χ4n) is 1.30. The minimum Gasteiger partial charge on any atom is -0.405 e. The van der Waals surface area contributed by atoms with Crippen molar-refractivity contribution in [3.05, 3.63) is 12.3 Å². The zero-order valence-corrected chi connectivity index (χ0v) is 6.01. The summed E-state index contributed by atoms with van der Waals surface area (Å²) < 4.78 is 0. The molecule has 52 valence electrons. The Morgan fingerprint density at radius 3 is 2.56 bits per heavy atom. The van der Waals surface area contributed by atoms with Gasteiger partial charge in [-0.05, 0) is 30.9 Å². The topological polar surface area (TPSA) is 26.0 Å². The Morgan fingerprint density at radius 2 is 2.22 bits per heavy atom. The summed E-state index contributed by atoms with van der Waals surface area (Å²) in [7, 11) is 0. The number of hydrogen-bond acceptors (Lipinski definition) is 1. The molecule has 0 bridgehead atoms. The van der Waals surface area contributed by atoms with Crippen LogP contribution in [0.5, 0.6) is 0 Å². The summed E-state index contributed by atoms with van der Waals surface area (Å²) in [6.45, 7) is 2.24. The highest BCUT2D eigenvalue weighted by molar-refractivity contribution is 4.89. The van der Waals surface area contributed by atoms with Gasteiger partial charge in [0, 0.05) is 0 Å². The molecule has 1 rings (SSSR count).